The predicted octanol–water partition coefficient (Wildman–Crippen LogP) is 1.88. The van der Waals surface area contributed by atoms with Gasteiger partial charge in [0.2, 0.25) is 0 Å². The molecule has 1 aromatic heterocycles. The lowest BCUT2D eigenvalue weighted by molar-refractivity contribution is 0.0944. The smallest absolute Gasteiger partial charge is 0.134 e. The van der Waals surface area contributed by atoms with Crippen LogP contribution in [0.4, 0.5) is 5.82 Å². The third-order valence-corrected chi connectivity index (χ3v) is 1.95. The molecule has 0 aliphatic rings. The average Bonchev–Trinajstić information content (AvgIpc) is 2.13. The molecule has 5 heteroatoms. The van der Waals surface area contributed by atoms with Gasteiger partial charge in [-0.05, 0) is 13.8 Å². The molecule has 1 rings (SSSR count). The standard InChI is InChI=1S/C10H16ClN3O/c1-4-8-13-7(11)5-9(14-8)12-6-10(2,3)15/h5,15H,4,6H2,1-3H3,(H,12,13,14). The van der Waals surface area contributed by atoms with Crippen LogP contribution in [0.1, 0.15) is 26.6 Å². The highest BCUT2D eigenvalue weighted by Crippen LogP contribution is 2.13. The third kappa shape index (κ3) is 4.44. The van der Waals surface area contributed by atoms with Gasteiger partial charge in [-0.25, -0.2) is 9.97 Å². The van der Waals surface area contributed by atoms with Gasteiger partial charge in [0.25, 0.3) is 0 Å². The molecule has 0 aromatic carbocycles. The average molecular weight is 230 g/mol. The van der Waals surface area contributed by atoms with Crippen LogP contribution in [-0.4, -0.2) is 27.2 Å². The van der Waals surface area contributed by atoms with Crippen LogP contribution in [0.15, 0.2) is 6.07 Å². The maximum atomic E-state index is 9.54. The fourth-order valence-electron chi connectivity index (χ4n) is 1.02. The zero-order valence-corrected chi connectivity index (χ0v) is 9.97. The van der Waals surface area contributed by atoms with E-state index in [0.717, 1.165) is 6.42 Å². The summed E-state index contributed by atoms with van der Waals surface area (Å²) in [6, 6.07) is 1.65. The summed E-state index contributed by atoms with van der Waals surface area (Å²) in [7, 11) is 0. The van der Waals surface area contributed by atoms with Crippen molar-refractivity contribution in [3.63, 3.8) is 0 Å². The zero-order valence-electron chi connectivity index (χ0n) is 9.21. The van der Waals surface area contributed by atoms with Crippen LogP contribution < -0.4 is 5.32 Å². The Bertz CT molecular complexity index is 336. The molecule has 4 nitrogen and oxygen atoms in total. The number of aromatic nitrogens is 2. The minimum atomic E-state index is -0.774. The Balaban J connectivity index is 2.73. The summed E-state index contributed by atoms with van der Waals surface area (Å²) in [5, 5.41) is 13.0. The van der Waals surface area contributed by atoms with Gasteiger partial charge in [0.1, 0.15) is 16.8 Å². The lowest BCUT2D eigenvalue weighted by Crippen LogP contribution is -2.29. The van der Waals surface area contributed by atoms with E-state index in [9.17, 15) is 5.11 Å². The number of nitrogens with one attached hydrogen (secondary N) is 1. The van der Waals surface area contributed by atoms with E-state index >= 15 is 0 Å². The van der Waals surface area contributed by atoms with Crippen molar-refractivity contribution in [2.75, 3.05) is 11.9 Å². The molecule has 1 aromatic rings. The minimum Gasteiger partial charge on any atom is -0.389 e. The minimum absolute atomic E-state index is 0.417. The number of hydrogen-bond acceptors (Lipinski definition) is 4. The van der Waals surface area contributed by atoms with Crippen molar-refractivity contribution in [2.24, 2.45) is 0 Å². The van der Waals surface area contributed by atoms with Gasteiger partial charge < -0.3 is 10.4 Å². The molecular formula is C10H16ClN3O. The first-order valence-electron chi connectivity index (χ1n) is 4.90. The first-order valence-corrected chi connectivity index (χ1v) is 5.28. The van der Waals surface area contributed by atoms with E-state index < -0.39 is 5.60 Å². The Morgan fingerprint density at radius 3 is 2.67 bits per heavy atom. The zero-order chi connectivity index (χ0) is 11.5. The maximum absolute atomic E-state index is 9.54. The Labute approximate surface area is 94.7 Å². The molecule has 1 heterocycles. The molecule has 2 N–H and O–H groups in total. The predicted molar refractivity (Wildman–Crippen MR) is 61.2 cm³/mol. The molecule has 0 saturated heterocycles. The first kappa shape index (κ1) is 12.2. The van der Waals surface area contributed by atoms with Gasteiger partial charge in [-0.2, -0.15) is 0 Å². The number of rotatable bonds is 4. The molecule has 0 fully saturated rings. The summed E-state index contributed by atoms with van der Waals surface area (Å²) in [5.41, 5.74) is -0.774. The van der Waals surface area contributed by atoms with Gasteiger partial charge in [-0.15, -0.1) is 0 Å². The summed E-state index contributed by atoms with van der Waals surface area (Å²) in [6.07, 6.45) is 0.734. The highest BCUT2D eigenvalue weighted by molar-refractivity contribution is 6.29. The van der Waals surface area contributed by atoms with Crippen LogP contribution in [0, 0.1) is 0 Å². The van der Waals surface area contributed by atoms with Gasteiger partial charge >= 0.3 is 0 Å². The van der Waals surface area contributed by atoms with Gasteiger partial charge in [0.15, 0.2) is 0 Å². The summed E-state index contributed by atoms with van der Waals surface area (Å²) >= 11 is 5.83. The number of aryl methyl sites for hydroxylation is 1. The van der Waals surface area contributed by atoms with Crippen molar-refractivity contribution < 1.29 is 5.11 Å². The third-order valence-electron chi connectivity index (χ3n) is 1.76. The highest BCUT2D eigenvalue weighted by atomic mass is 35.5. The molecule has 0 saturated carbocycles. The van der Waals surface area contributed by atoms with Gasteiger partial charge in [-0.1, -0.05) is 18.5 Å². The van der Waals surface area contributed by atoms with E-state index in [4.69, 9.17) is 11.6 Å². The van der Waals surface area contributed by atoms with Gasteiger partial charge in [0.05, 0.1) is 5.60 Å². The largest absolute Gasteiger partial charge is 0.389 e. The van der Waals surface area contributed by atoms with E-state index in [1.165, 1.54) is 0 Å². The summed E-state index contributed by atoms with van der Waals surface area (Å²) in [4.78, 5) is 8.29. The monoisotopic (exact) mass is 229 g/mol. The number of halogens is 1. The number of hydrogen-bond donors (Lipinski definition) is 2. The molecular weight excluding hydrogens is 214 g/mol. The topological polar surface area (TPSA) is 58.0 Å². The van der Waals surface area contributed by atoms with E-state index in [0.29, 0.717) is 23.3 Å². The molecule has 0 amide bonds. The van der Waals surface area contributed by atoms with Crippen molar-refractivity contribution in [1.82, 2.24) is 9.97 Å². The van der Waals surface area contributed by atoms with Crippen LogP contribution in [0.3, 0.4) is 0 Å². The normalized spacial score (nSPS) is 11.5. The molecule has 0 aliphatic carbocycles. The maximum Gasteiger partial charge on any atom is 0.134 e. The van der Waals surface area contributed by atoms with Crippen molar-refractivity contribution in [3.8, 4) is 0 Å². The second-order valence-corrected chi connectivity index (χ2v) is 4.40. The van der Waals surface area contributed by atoms with Crippen molar-refractivity contribution in [2.45, 2.75) is 32.8 Å². The van der Waals surface area contributed by atoms with Gasteiger partial charge in [-0.3, -0.25) is 0 Å². The van der Waals surface area contributed by atoms with Crippen molar-refractivity contribution in [3.05, 3.63) is 17.0 Å². The van der Waals surface area contributed by atoms with E-state index in [-0.39, 0.29) is 0 Å². The molecule has 0 unspecified atom stereocenters. The summed E-state index contributed by atoms with van der Waals surface area (Å²) < 4.78 is 0. The molecule has 15 heavy (non-hydrogen) atoms. The van der Waals surface area contributed by atoms with Crippen molar-refractivity contribution >= 4 is 17.4 Å². The molecule has 0 atom stereocenters. The fourth-order valence-corrected chi connectivity index (χ4v) is 1.22. The van der Waals surface area contributed by atoms with Crippen LogP contribution >= 0.6 is 11.6 Å². The van der Waals surface area contributed by atoms with Crippen molar-refractivity contribution in [1.29, 1.82) is 0 Å². The molecule has 0 aliphatic heterocycles. The number of aliphatic hydroxyl groups is 1. The first-order chi connectivity index (χ1) is 6.90. The van der Waals surface area contributed by atoms with E-state index in [2.05, 4.69) is 15.3 Å². The molecule has 0 spiro atoms. The lowest BCUT2D eigenvalue weighted by Gasteiger charge is -2.18. The van der Waals surface area contributed by atoms with Crippen LogP contribution in [0.5, 0.6) is 0 Å². The molecule has 0 radical (unpaired) electrons. The molecule has 0 bridgehead atoms. The quantitative estimate of drug-likeness (QED) is 0.774. The van der Waals surface area contributed by atoms with Gasteiger partial charge in [0, 0.05) is 19.0 Å². The Morgan fingerprint density at radius 1 is 1.47 bits per heavy atom. The Kier molecular flexibility index (Phi) is 3.88. The Hall–Kier alpha value is -0.870. The highest BCUT2D eigenvalue weighted by Gasteiger charge is 2.12. The fraction of sp³-hybridized carbons (Fsp3) is 0.600. The number of nitrogens with zero attached hydrogens (tertiary/aromatic N) is 2. The number of anilines is 1. The van der Waals surface area contributed by atoms with Crippen LogP contribution in [0.2, 0.25) is 5.15 Å². The van der Waals surface area contributed by atoms with Crippen LogP contribution in [-0.2, 0) is 6.42 Å². The molecule has 84 valence electrons. The lowest BCUT2D eigenvalue weighted by atomic mass is 10.1. The second kappa shape index (κ2) is 4.77. The summed E-state index contributed by atoms with van der Waals surface area (Å²) in [6.45, 7) is 5.84. The van der Waals surface area contributed by atoms with Crippen LogP contribution in [0.25, 0.3) is 0 Å². The second-order valence-electron chi connectivity index (χ2n) is 4.01. The van der Waals surface area contributed by atoms with E-state index in [1.807, 2.05) is 6.92 Å². The Morgan fingerprint density at radius 2 is 2.13 bits per heavy atom. The van der Waals surface area contributed by atoms with E-state index in [1.54, 1.807) is 19.9 Å². The SMILES string of the molecule is CCc1nc(Cl)cc(NCC(C)(C)O)n1. The summed E-state index contributed by atoms with van der Waals surface area (Å²) in [5.74, 6) is 1.34.